The van der Waals surface area contributed by atoms with Gasteiger partial charge in [0.15, 0.2) is 0 Å². The zero-order valence-corrected chi connectivity index (χ0v) is 17.9. The quantitative estimate of drug-likeness (QED) is 0.486. The van der Waals surface area contributed by atoms with Gasteiger partial charge >= 0.3 is 0 Å². The highest BCUT2D eigenvalue weighted by atomic mass is 16.5. The summed E-state index contributed by atoms with van der Waals surface area (Å²) in [5.41, 5.74) is 5.65. The molecule has 0 unspecified atom stereocenters. The van der Waals surface area contributed by atoms with E-state index in [1.807, 2.05) is 48.0 Å². The molecule has 2 aromatic carbocycles. The lowest BCUT2D eigenvalue weighted by atomic mass is 10.2. The van der Waals surface area contributed by atoms with Crippen molar-refractivity contribution in [2.45, 2.75) is 46.2 Å². The fourth-order valence-electron chi connectivity index (χ4n) is 3.45. The highest BCUT2D eigenvalue weighted by Crippen LogP contribution is 2.15. The summed E-state index contributed by atoms with van der Waals surface area (Å²) < 4.78 is 7.66. The van der Waals surface area contributed by atoms with Crippen LogP contribution in [-0.2, 0) is 29.0 Å². The highest BCUT2D eigenvalue weighted by Gasteiger charge is 2.12. The first-order chi connectivity index (χ1) is 14.6. The Morgan fingerprint density at radius 2 is 1.63 bits per heavy atom. The minimum atomic E-state index is 0.0521. The first-order valence-electron chi connectivity index (χ1n) is 10.6. The molecule has 0 aliphatic heterocycles. The van der Waals surface area contributed by atoms with Gasteiger partial charge in [-0.2, -0.15) is 5.10 Å². The summed E-state index contributed by atoms with van der Waals surface area (Å²) in [5, 5.41) is 7.68. The molecule has 1 heterocycles. The standard InChI is InChI=1S/C25H31N3O2/c1-20-24(21(2)28(27-20)19-23-12-7-4-8-13-23)18-26-25(29)14-9-16-30-17-15-22-10-5-3-6-11-22/h3-8,10-13H,9,14-19H2,1-2H3,(H,26,29). The van der Waals surface area contributed by atoms with Gasteiger partial charge in [0.2, 0.25) is 5.91 Å². The van der Waals surface area contributed by atoms with Crippen LogP contribution in [0.25, 0.3) is 0 Å². The van der Waals surface area contributed by atoms with Crippen LogP contribution < -0.4 is 5.32 Å². The van der Waals surface area contributed by atoms with Gasteiger partial charge in [-0.05, 0) is 37.8 Å². The molecule has 0 spiro atoms. The maximum absolute atomic E-state index is 12.2. The molecular formula is C25H31N3O2. The predicted molar refractivity (Wildman–Crippen MR) is 119 cm³/mol. The summed E-state index contributed by atoms with van der Waals surface area (Å²) >= 11 is 0. The molecule has 0 aliphatic rings. The third-order valence-corrected chi connectivity index (χ3v) is 5.24. The number of amides is 1. The van der Waals surface area contributed by atoms with Crippen molar-refractivity contribution in [3.8, 4) is 0 Å². The van der Waals surface area contributed by atoms with E-state index in [1.54, 1.807) is 0 Å². The van der Waals surface area contributed by atoms with Crippen LogP contribution in [0.5, 0.6) is 0 Å². The van der Waals surface area contributed by atoms with Gasteiger partial charge in [-0.1, -0.05) is 60.7 Å². The Morgan fingerprint density at radius 1 is 0.967 bits per heavy atom. The zero-order chi connectivity index (χ0) is 21.2. The number of hydrogen-bond acceptors (Lipinski definition) is 3. The molecular weight excluding hydrogens is 374 g/mol. The fraction of sp³-hybridized carbons (Fsp3) is 0.360. The Morgan fingerprint density at radius 3 is 2.33 bits per heavy atom. The van der Waals surface area contributed by atoms with Crippen molar-refractivity contribution < 1.29 is 9.53 Å². The molecule has 1 aromatic heterocycles. The van der Waals surface area contributed by atoms with Crippen molar-refractivity contribution in [1.82, 2.24) is 15.1 Å². The van der Waals surface area contributed by atoms with Crippen LogP contribution >= 0.6 is 0 Å². The second-order valence-electron chi connectivity index (χ2n) is 7.52. The summed E-state index contributed by atoms with van der Waals surface area (Å²) in [4.78, 5) is 12.2. The lowest BCUT2D eigenvalue weighted by Crippen LogP contribution is -2.23. The normalized spacial score (nSPS) is 10.9. The Kier molecular flexibility index (Phi) is 8.21. The molecule has 5 nitrogen and oxygen atoms in total. The number of rotatable bonds is 11. The van der Waals surface area contributed by atoms with Crippen LogP contribution in [0.4, 0.5) is 0 Å². The van der Waals surface area contributed by atoms with Crippen molar-refractivity contribution in [3.05, 3.63) is 88.7 Å². The number of aromatic nitrogens is 2. The molecule has 158 valence electrons. The van der Waals surface area contributed by atoms with Gasteiger partial charge in [0.05, 0.1) is 18.8 Å². The average molecular weight is 406 g/mol. The van der Waals surface area contributed by atoms with Gasteiger partial charge in [0, 0.05) is 30.8 Å². The minimum absolute atomic E-state index is 0.0521. The zero-order valence-electron chi connectivity index (χ0n) is 17.9. The summed E-state index contributed by atoms with van der Waals surface area (Å²) in [6, 6.07) is 20.6. The third-order valence-electron chi connectivity index (χ3n) is 5.24. The number of carbonyl (C=O) groups is 1. The number of aryl methyl sites for hydroxylation is 1. The first kappa shape index (κ1) is 21.8. The molecule has 3 rings (SSSR count). The monoisotopic (exact) mass is 405 g/mol. The van der Waals surface area contributed by atoms with E-state index in [-0.39, 0.29) is 5.91 Å². The molecule has 1 N–H and O–H groups in total. The van der Waals surface area contributed by atoms with Gasteiger partial charge in [0.1, 0.15) is 0 Å². The van der Waals surface area contributed by atoms with E-state index in [4.69, 9.17) is 4.74 Å². The average Bonchev–Trinajstić information content (AvgIpc) is 3.03. The van der Waals surface area contributed by atoms with Crippen LogP contribution in [0.15, 0.2) is 60.7 Å². The van der Waals surface area contributed by atoms with Gasteiger partial charge in [-0.25, -0.2) is 0 Å². The summed E-state index contributed by atoms with van der Waals surface area (Å²) in [6.45, 7) is 6.60. The number of benzene rings is 2. The lowest BCUT2D eigenvalue weighted by molar-refractivity contribution is -0.121. The molecule has 0 fully saturated rings. The van der Waals surface area contributed by atoms with Crippen LogP contribution in [0.1, 0.15) is 40.9 Å². The van der Waals surface area contributed by atoms with Crippen molar-refractivity contribution in [2.24, 2.45) is 0 Å². The van der Waals surface area contributed by atoms with Crippen LogP contribution in [-0.4, -0.2) is 28.9 Å². The Hall–Kier alpha value is -2.92. The van der Waals surface area contributed by atoms with Crippen molar-refractivity contribution in [1.29, 1.82) is 0 Å². The summed E-state index contributed by atoms with van der Waals surface area (Å²) in [7, 11) is 0. The SMILES string of the molecule is Cc1nn(Cc2ccccc2)c(C)c1CNC(=O)CCCOCCc1ccccc1. The second-order valence-corrected chi connectivity index (χ2v) is 7.52. The van der Waals surface area contributed by atoms with E-state index < -0.39 is 0 Å². The van der Waals surface area contributed by atoms with E-state index in [1.165, 1.54) is 11.1 Å². The molecule has 0 saturated heterocycles. The van der Waals surface area contributed by atoms with Gasteiger partial charge < -0.3 is 10.1 Å². The fourth-order valence-corrected chi connectivity index (χ4v) is 3.45. The second kappa shape index (κ2) is 11.3. The van der Waals surface area contributed by atoms with Crippen molar-refractivity contribution in [3.63, 3.8) is 0 Å². The molecule has 0 aliphatic carbocycles. The van der Waals surface area contributed by atoms with E-state index in [0.717, 1.165) is 36.3 Å². The van der Waals surface area contributed by atoms with E-state index in [9.17, 15) is 4.79 Å². The number of nitrogens with one attached hydrogen (secondary N) is 1. The summed E-state index contributed by atoms with van der Waals surface area (Å²) in [5.74, 6) is 0.0521. The Labute approximate surface area is 179 Å². The molecule has 0 radical (unpaired) electrons. The van der Waals surface area contributed by atoms with Crippen LogP contribution in [0.2, 0.25) is 0 Å². The predicted octanol–water partition coefficient (Wildman–Crippen LogP) is 4.20. The molecule has 3 aromatic rings. The van der Waals surface area contributed by atoms with Gasteiger partial charge in [-0.3, -0.25) is 9.48 Å². The van der Waals surface area contributed by atoms with Crippen LogP contribution in [0.3, 0.4) is 0 Å². The number of nitrogens with zero attached hydrogens (tertiary/aromatic N) is 2. The molecule has 0 saturated carbocycles. The largest absolute Gasteiger partial charge is 0.381 e. The lowest BCUT2D eigenvalue weighted by Gasteiger charge is -2.08. The van der Waals surface area contributed by atoms with E-state index in [2.05, 4.69) is 41.6 Å². The topological polar surface area (TPSA) is 56.2 Å². The number of carbonyl (C=O) groups excluding carboxylic acids is 1. The molecule has 5 heteroatoms. The van der Waals surface area contributed by atoms with Gasteiger partial charge in [0.25, 0.3) is 0 Å². The van der Waals surface area contributed by atoms with Crippen LogP contribution in [0, 0.1) is 13.8 Å². The summed E-state index contributed by atoms with van der Waals surface area (Å²) in [6.07, 6.45) is 2.10. The smallest absolute Gasteiger partial charge is 0.220 e. The highest BCUT2D eigenvalue weighted by molar-refractivity contribution is 5.75. The Balaban J connectivity index is 1.36. The third kappa shape index (κ3) is 6.56. The molecule has 0 bridgehead atoms. The molecule has 30 heavy (non-hydrogen) atoms. The van der Waals surface area contributed by atoms with E-state index >= 15 is 0 Å². The van der Waals surface area contributed by atoms with E-state index in [0.29, 0.717) is 26.2 Å². The minimum Gasteiger partial charge on any atom is -0.381 e. The van der Waals surface area contributed by atoms with Crippen molar-refractivity contribution >= 4 is 5.91 Å². The van der Waals surface area contributed by atoms with Crippen molar-refractivity contribution in [2.75, 3.05) is 13.2 Å². The Bertz CT molecular complexity index is 920. The van der Waals surface area contributed by atoms with Gasteiger partial charge in [-0.15, -0.1) is 0 Å². The number of hydrogen-bond donors (Lipinski definition) is 1. The maximum Gasteiger partial charge on any atom is 0.220 e. The molecule has 1 amide bonds. The number of ether oxygens (including phenoxy) is 1. The maximum atomic E-state index is 12.2. The molecule has 0 atom stereocenters. The first-order valence-corrected chi connectivity index (χ1v) is 10.6.